The summed E-state index contributed by atoms with van der Waals surface area (Å²) in [4.78, 5) is 10.7. The molecule has 1 fully saturated rings. The van der Waals surface area contributed by atoms with Crippen LogP contribution in [0.4, 0.5) is 0 Å². The first-order valence-electron chi connectivity index (χ1n) is 6.61. The summed E-state index contributed by atoms with van der Waals surface area (Å²) in [5.41, 5.74) is -1.31. The van der Waals surface area contributed by atoms with Gasteiger partial charge in [0.15, 0.2) is 9.84 Å². The highest BCUT2D eigenvalue weighted by atomic mass is 35.5. The number of benzene rings is 1. The minimum Gasteiger partial charge on any atom is -0.478 e. The van der Waals surface area contributed by atoms with E-state index in [2.05, 4.69) is 0 Å². The van der Waals surface area contributed by atoms with Crippen molar-refractivity contribution in [3.63, 3.8) is 0 Å². The van der Waals surface area contributed by atoms with Crippen molar-refractivity contribution in [1.29, 1.82) is 0 Å². The van der Waals surface area contributed by atoms with Crippen LogP contribution in [0.2, 0.25) is 5.02 Å². The van der Waals surface area contributed by atoms with Crippen molar-refractivity contribution in [2.24, 2.45) is 0 Å². The quantitative estimate of drug-likeness (QED) is 0.840. The molecular weight excluding hydrogens is 366 g/mol. The Bertz CT molecular complexity index is 864. The van der Waals surface area contributed by atoms with Gasteiger partial charge in [0, 0.05) is 12.6 Å². The normalized spacial score (nSPS) is 24.0. The fourth-order valence-corrected chi connectivity index (χ4v) is 6.81. The van der Waals surface area contributed by atoms with E-state index < -0.39 is 31.4 Å². The molecule has 7 nitrogen and oxygen atoms in total. The third-order valence-corrected chi connectivity index (χ3v) is 8.44. The van der Waals surface area contributed by atoms with E-state index in [9.17, 15) is 21.6 Å². The standard InChI is InChI=1S/C13H16ClNO6S2/c1-13(5-6-22(18,19)8-13)15(2)23(20,21)11-7-9(12(16)17)3-4-10(11)14/h3-4,7H,5-6,8H2,1-2H3,(H,16,17)/t13-/m1/s1. The van der Waals surface area contributed by atoms with Crippen molar-refractivity contribution in [3.8, 4) is 0 Å². The van der Waals surface area contributed by atoms with Crippen molar-refractivity contribution in [1.82, 2.24) is 4.31 Å². The topological polar surface area (TPSA) is 109 Å². The van der Waals surface area contributed by atoms with Crippen LogP contribution in [0.25, 0.3) is 0 Å². The number of carbonyl (C=O) groups is 1. The third-order valence-electron chi connectivity index (χ3n) is 4.06. The van der Waals surface area contributed by atoms with Gasteiger partial charge >= 0.3 is 5.97 Å². The summed E-state index contributed by atoms with van der Waals surface area (Å²) in [5.74, 6) is -1.66. The number of carboxylic acids is 1. The second kappa shape index (κ2) is 5.73. The molecule has 1 aliphatic rings. The fraction of sp³-hybridized carbons (Fsp3) is 0.462. The van der Waals surface area contributed by atoms with E-state index in [4.69, 9.17) is 16.7 Å². The maximum Gasteiger partial charge on any atom is 0.335 e. The van der Waals surface area contributed by atoms with Gasteiger partial charge in [-0.2, -0.15) is 4.31 Å². The van der Waals surface area contributed by atoms with Gasteiger partial charge in [0.2, 0.25) is 10.0 Å². The highest BCUT2D eigenvalue weighted by molar-refractivity contribution is 7.92. The predicted molar refractivity (Wildman–Crippen MR) is 85.0 cm³/mol. The second-order valence-electron chi connectivity index (χ2n) is 5.76. The number of sulfonamides is 1. The Morgan fingerprint density at radius 3 is 2.48 bits per heavy atom. The van der Waals surface area contributed by atoms with Crippen molar-refractivity contribution < 1.29 is 26.7 Å². The number of carboxylic acid groups (broad SMARTS) is 1. The fourth-order valence-electron chi connectivity index (χ4n) is 2.51. The van der Waals surface area contributed by atoms with Crippen LogP contribution in [-0.4, -0.2) is 56.3 Å². The van der Waals surface area contributed by atoms with E-state index in [-0.39, 0.29) is 33.4 Å². The van der Waals surface area contributed by atoms with Crippen molar-refractivity contribution in [3.05, 3.63) is 28.8 Å². The van der Waals surface area contributed by atoms with Crippen LogP contribution >= 0.6 is 11.6 Å². The van der Waals surface area contributed by atoms with Gasteiger partial charge in [-0.05, 0) is 31.5 Å². The van der Waals surface area contributed by atoms with Crippen LogP contribution in [0.15, 0.2) is 23.1 Å². The van der Waals surface area contributed by atoms with Crippen molar-refractivity contribution in [2.75, 3.05) is 18.6 Å². The predicted octanol–water partition coefficient (Wildman–Crippen LogP) is 1.24. The van der Waals surface area contributed by atoms with Gasteiger partial charge in [-0.15, -0.1) is 0 Å². The largest absolute Gasteiger partial charge is 0.478 e. The van der Waals surface area contributed by atoms with Crippen LogP contribution in [0, 0.1) is 0 Å². The molecule has 0 amide bonds. The molecule has 0 saturated carbocycles. The summed E-state index contributed by atoms with van der Waals surface area (Å²) in [6.45, 7) is 1.55. The Balaban J connectivity index is 2.50. The van der Waals surface area contributed by atoms with Gasteiger partial charge in [-0.3, -0.25) is 0 Å². The average molecular weight is 382 g/mol. The van der Waals surface area contributed by atoms with Gasteiger partial charge in [0.05, 0.1) is 22.1 Å². The summed E-state index contributed by atoms with van der Waals surface area (Å²) >= 11 is 5.92. The SMILES string of the molecule is CN([C@]1(C)CCS(=O)(=O)C1)S(=O)(=O)c1cc(C(=O)O)ccc1Cl. The number of hydrogen-bond donors (Lipinski definition) is 1. The molecule has 1 aromatic carbocycles. The summed E-state index contributed by atoms with van der Waals surface area (Å²) in [6, 6.07) is 3.37. The summed E-state index contributed by atoms with van der Waals surface area (Å²) in [7, 11) is -6.17. The first-order valence-corrected chi connectivity index (χ1v) is 10.3. The molecule has 1 saturated heterocycles. The smallest absolute Gasteiger partial charge is 0.335 e. The molecule has 1 aromatic rings. The van der Waals surface area contributed by atoms with E-state index in [1.807, 2.05) is 0 Å². The molecule has 0 aliphatic carbocycles. The van der Waals surface area contributed by atoms with Gasteiger partial charge in [-0.25, -0.2) is 21.6 Å². The molecule has 2 rings (SSSR count). The third kappa shape index (κ3) is 3.37. The van der Waals surface area contributed by atoms with Crippen molar-refractivity contribution >= 4 is 37.4 Å². The minimum atomic E-state index is -4.14. The van der Waals surface area contributed by atoms with E-state index in [1.165, 1.54) is 19.2 Å². The van der Waals surface area contributed by atoms with E-state index in [0.717, 1.165) is 10.4 Å². The zero-order valence-electron chi connectivity index (χ0n) is 12.5. The molecule has 23 heavy (non-hydrogen) atoms. The molecule has 10 heteroatoms. The zero-order valence-corrected chi connectivity index (χ0v) is 14.9. The van der Waals surface area contributed by atoms with Crippen molar-refractivity contribution in [2.45, 2.75) is 23.8 Å². The summed E-state index contributed by atoms with van der Waals surface area (Å²) < 4.78 is 49.9. The number of sulfone groups is 1. The molecule has 0 radical (unpaired) electrons. The van der Waals surface area contributed by atoms with Gasteiger partial charge in [-0.1, -0.05) is 11.6 Å². The summed E-state index contributed by atoms with van der Waals surface area (Å²) in [6.07, 6.45) is 0.168. The number of hydrogen-bond acceptors (Lipinski definition) is 5. The lowest BCUT2D eigenvalue weighted by molar-refractivity contribution is 0.0696. The molecule has 0 spiro atoms. The summed E-state index contributed by atoms with van der Waals surface area (Å²) in [5, 5.41) is 8.89. The Labute approximate surface area is 139 Å². The van der Waals surface area contributed by atoms with Gasteiger partial charge in [0.25, 0.3) is 0 Å². The first-order chi connectivity index (χ1) is 10.4. The number of nitrogens with zero attached hydrogens (tertiary/aromatic N) is 1. The zero-order chi connectivity index (χ0) is 17.6. The molecule has 1 aliphatic heterocycles. The van der Waals surface area contributed by atoms with Crippen LogP contribution in [-0.2, 0) is 19.9 Å². The van der Waals surface area contributed by atoms with Gasteiger partial charge < -0.3 is 5.11 Å². The van der Waals surface area contributed by atoms with Gasteiger partial charge in [0.1, 0.15) is 4.90 Å². The molecule has 0 unspecified atom stereocenters. The Kier molecular flexibility index (Phi) is 4.53. The lowest BCUT2D eigenvalue weighted by Crippen LogP contribution is -2.48. The van der Waals surface area contributed by atoms with E-state index >= 15 is 0 Å². The maximum absolute atomic E-state index is 12.8. The van der Waals surface area contributed by atoms with E-state index in [1.54, 1.807) is 6.92 Å². The molecule has 1 atom stereocenters. The Hall–Kier alpha value is -1.16. The molecule has 1 N–H and O–H groups in total. The number of aromatic carboxylic acids is 1. The molecule has 0 aromatic heterocycles. The van der Waals surface area contributed by atoms with Crippen LogP contribution in [0.3, 0.4) is 0 Å². The number of halogens is 1. The first kappa shape index (κ1) is 18.2. The van der Waals surface area contributed by atoms with Crippen LogP contribution in [0.1, 0.15) is 23.7 Å². The minimum absolute atomic E-state index is 0.0910. The van der Waals surface area contributed by atoms with Crippen LogP contribution < -0.4 is 0 Å². The Morgan fingerprint density at radius 1 is 1.39 bits per heavy atom. The lowest BCUT2D eigenvalue weighted by atomic mass is 10.0. The monoisotopic (exact) mass is 381 g/mol. The molecule has 0 bridgehead atoms. The van der Waals surface area contributed by atoms with E-state index in [0.29, 0.717) is 0 Å². The number of rotatable bonds is 4. The Morgan fingerprint density at radius 2 is 2.00 bits per heavy atom. The average Bonchev–Trinajstić information content (AvgIpc) is 2.73. The highest BCUT2D eigenvalue weighted by Gasteiger charge is 2.46. The molecule has 128 valence electrons. The molecular formula is C13H16ClNO6S2. The van der Waals surface area contributed by atoms with Crippen LogP contribution in [0.5, 0.6) is 0 Å². The maximum atomic E-state index is 12.8. The second-order valence-corrected chi connectivity index (χ2v) is 10.3. The lowest BCUT2D eigenvalue weighted by Gasteiger charge is -2.33. The molecule has 1 heterocycles. The highest BCUT2D eigenvalue weighted by Crippen LogP contribution is 2.34.